The minimum absolute atomic E-state index is 0.0369. The van der Waals surface area contributed by atoms with Crippen LogP contribution in [0.3, 0.4) is 0 Å². The lowest BCUT2D eigenvalue weighted by molar-refractivity contribution is 0.103. The number of aryl methyl sites for hydroxylation is 1. The van der Waals surface area contributed by atoms with Crippen LogP contribution in [0.2, 0.25) is 5.02 Å². The number of benzene rings is 1. The number of carbonyl (C=O) groups is 1. The van der Waals surface area contributed by atoms with Gasteiger partial charge in [0.15, 0.2) is 5.78 Å². The second kappa shape index (κ2) is 9.79. The van der Waals surface area contributed by atoms with Crippen molar-refractivity contribution >= 4 is 33.1 Å². The van der Waals surface area contributed by atoms with E-state index in [4.69, 9.17) is 15.8 Å². The van der Waals surface area contributed by atoms with Gasteiger partial charge in [0.25, 0.3) is 0 Å². The van der Waals surface area contributed by atoms with E-state index in [-0.39, 0.29) is 23.0 Å². The third-order valence-corrected chi connectivity index (χ3v) is 6.54. The molecule has 0 amide bonds. The fourth-order valence-electron chi connectivity index (χ4n) is 3.04. The molecule has 6 nitrogen and oxygen atoms in total. The number of hydrogen-bond acceptors (Lipinski definition) is 5. The maximum Gasteiger partial charge on any atom is 0.310 e. The predicted octanol–water partition coefficient (Wildman–Crippen LogP) is 5.42. The first-order chi connectivity index (χ1) is 14.0. The average Bonchev–Trinajstić information content (AvgIpc) is 3.07. The van der Waals surface area contributed by atoms with Gasteiger partial charge in [0, 0.05) is 17.1 Å². The molecule has 2 rings (SSSR count). The topological polar surface area (TPSA) is 78.3 Å². The molecular formula is C22H29ClN2O4S. The van der Waals surface area contributed by atoms with Gasteiger partial charge in [-0.1, -0.05) is 30.5 Å². The molecule has 164 valence electrons. The molecule has 0 fully saturated rings. The van der Waals surface area contributed by atoms with Gasteiger partial charge in [-0.3, -0.25) is 4.79 Å². The minimum atomic E-state index is -3.82. The van der Waals surface area contributed by atoms with E-state index < -0.39 is 10.1 Å². The third kappa shape index (κ3) is 5.13. The highest BCUT2D eigenvalue weighted by Crippen LogP contribution is 2.33. The van der Waals surface area contributed by atoms with Gasteiger partial charge >= 0.3 is 10.1 Å². The van der Waals surface area contributed by atoms with Gasteiger partial charge in [-0.15, -0.1) is 0 Å². The minimum Gasteiger partial charge on any atom is -0.361 e. The number of ketones is 1. The van der Waals surface area contributed by atoms with Gasteiger partial charge in [-0.05, 0) is 69.9 Å². The standard InChI is InChI=1S/C22H29ClN2O4S/c1-7-9-12-25-22(29-30(27,28)8-2)18(13-24-25)21(26)17-10-11-19(23)20(16(17)6)15(5)14(3)4/h10-11,13H,7-9,12H2,1-6H3. The molecule has 0 bridgehead atoms. The SMILES string of the molecule is CCCCn1ncc(C(=O)c2ccc(Cl)c(C(C)=C(C)C)c2C)c1OS(=O)(=O)CC. The summed E-state index contributed by atoms with van der Waals surface area (Å²) in [5.41, 5.74) is 4.19. The van der Waals surface area contributed by atoms with Crippen molar-refractivity contribution in [1.29, 1.82) is 0 Å². The zero-order chi connectivity index (χ0) is 22.6. The van der Waals surface area contributed by atoms with Crippen LogP contribution in [0.4, 0.5) is 0 Å². The van der Waals surface area contributed by atoms with E-state index in [0.717, 1.165) is 35.1 Å². The maximum absolute atomic E-state index is 13.4. The van der Waals surface area contributed by atoms with Crippen molar-refractivity contribution in [2.75, 3.05) is 5.75 Å². The summed E-state index contributed by atoms with van der Waals surface area (Å²) < 4.78 is 31.0. The van der Waals surface area contributed by atoms with Crippen LogP contribution in [0.5, 0.6) is 5.88 Å². The van der Waals surface area contributed by atoms with Crippen LogP contribution < -0.4 is 4.18 Å². The number of unbranched alkanes of at least 4 members (excludes halogenated alkanes) is 1. The molecule has 1 aromatic heterocycles. The normalized spacial score (nSPS) is 11.4. The quantitative estimate of drug-likeness (QED) is 0.375. The lowest BCUT2D eigenvalue weighted by atomic mass is 9.92. The van der Waals surface area contributed by atoms with E-state index in [1.807, 2.05) is 34.6 Å². The highest BCUT2D eigenvalue weighted by Gasteiger charge is 2.26. The molecule has 0 unspecified atom stereocenters. The molecule has 0 aliphatic carbocycles. The Morgan fingerprint density at radius 1 is 1.17 bits per heavy atom. The van der Waals surface area contributed by atoms with E-state index in [2.05, 4.69) is 5.10 Å². The smallest absolute Gasteiger partial charge is 0.310 e. The molecule has 0 saturated carbocycles. The van der Waals surface area contributed by atoms with E-state index in [1.54, 1.807) is 12.1 Å². The molecule has 0 aliphatic heterocycles. The van der Waals surface area contributed by atoms with Crippen molar-refractivity contribution in [3.05, 3.63) is 51.2 Å². The van der Waals surface area contributed by atoms with Gasteiger partial charge in [0.2, 0.25) is 5.88 Å². The summed E-state index contributed by atoms with van der Waals surface area (Å²) in [6.07, 6.45) is 3.05. The highest BCUT2D eigenvalue weighted by molar-refractivity contribution is 7.87. The van der Waals surface area contributed by atoms with Crippen molar-refractivity contribution in [3.63, 3.8) is 0 Å². The van der Waals surface area contributed by atoms with Crippen LogP contribution in [0.25, 0.3) is 5.57 Å². The molecule has 2 aromatic rings. The highest BCUT2D eigenvalue weighted by atomic mass is 35.5. The van der Waals surface area contributed by atoms with Crippen LogP contribution in [-0.2, 0) is 16.7 Å². The fraction of sp³-hybridized carbons (Fsp3) is 0.455. The molecule has 0 atom stereocenters. The molecule has 1 heterocycles. The summed E-state index contributed by atoms with van der Waals surface area (Å²) >= 11 is 6.42. The van der Waals surface area contributed by atoms with Crippen molar-refractivity contribution in [2.45, 2.75) is 60.9 Å². The summed E-state index contributed by atoms with van der Waals surface area (Å²) in [5.74, 6) is -0.593. The number of rotatable bonds is 9. The van der Waals surface area contributed by atoms with Crippen molar-refractivity contribution in [2.24, 2.45) is 0 Å². The number of nitrogens with zero attached hydrogens (tertiary/aromatic N) is 2. The summed E-state index contributed by atoms with van der Waals surface area (Å²) in [7, 11) is -3.82. The lowest BCUT2D eigenvalue weighted by Gasteiger charge is -2.15. The van der Waals surface area contributed by atoms with Crippen LogP contribution in [-0.4, -0.2) is 29.7 Å². The zero-order valence-electron chi connectivity index (χ0n) is 18.4. The van der Waals surface area contributed by atoms with Crippen molar-refractivity contribution in [3.8, 4) is 5.88 Å². The number of carbonyl (C=O) groups excluding carboxylic acids is 1. The molecule has 0 radical (unpaired) electrons. The van der Waals surface area contributed by atoms with E-state index in [1.165, 1.54) is 17.8 Å². The van der Waals surface area contributed by atoms with Gasteiger partial charge in [-0.25, -0.2) is 4.68 Å². The number of allylic oxidation sites excluding steroid dienone is 2. The Labute approximate surface area is 184 Å². The van der Waals surface area contributed by atoms with Gasteiger partial charge in [0.1, 0.15) is 5.56 Å². The fourth-order valence-corrected chi connectivity index (χ4v) is 3.92. The molecular weight excluding hydrogens is 424 g/mol. The summed E-state index contributed by atoms with van der Waals surface area (Å²) in [4.78, 5) is 13.4. The third-order valence-electron chi connectivity index (χ3n) is 5.10. The Balaban J connectivity index is 2.63. The van der Waals surface area contributed by atoms with E-state index in [9.17, 15) is 13.2 Å². The Morgan fingerprint density at radius 3 is 2.40 bits per heavy atom. The summed E-state index contributed by atoms with van der Waals surface area (Å²) in [5, 5.41) is 4.78. The van der Waals surface area contributed by atoms with Crippen LogP contribution in [0.15, 0.2) is 23.9 Å². The molecule has 0 spiro atoms. The molecule has 0 N–H and O–H groups in total. The van der Waals surface area contributed by atoms with Gasteiger partial charge < -0.3 is 4.18 Å². The summed E-state index contributed by atoms with van der Waals surface area (Å²) in [6, 6.07) is 3.34. The monoisotopic (exact) mass is 452 g/mol. The predicted molar refractivity (Wildman–Crippen MR) is 121 cm³/mol. The molecule has 0 aliphatic rings. The second-order valence-corrected chi connectivity index (χ2v) is 9.69. The Morgan fingerprint density at radius 2 is 1.83 bits per heavy atom. The molecule has 1 aromatic carbocycles. The summed E-state index contributed by atoms with van der Waals surface area (Å²) in [6.45, 7) is 11.7. The van der Waals surface area contributed by atoms with Crippen molar-refractivity contribution < 1.29 is 17.4 Å². The first kappa shape index (κ1) is 24.2. The number of hydrogen-bond donors (Lipinski definition) is 0. The number of halogens is 1. The molecule has 0 saturated heterocycles. The first-order valence-electron chi connectivity index (χ1n) is 10.00. The average molecular weight is 453 g/mol. The van der Waals surface area contributed by atoms with Crippen molar-refractivity contribution in [1.82, 2.24) is 9.78 Å². The Hall–Kier alpha value is -2.12. The Kier molecular flexibility index (Phi) is 7.88. The van der Waals surface area contributed by atoms with Crippen LogP contribution in [0, 0.1) is 6.92 Å². The van der Waals surface area contributed by atoms with Gasteiger partial charge in [-0.2, -0.15) is 13.5 Å². The van der Waals surface area contributed by atoms with Crippen LogP contribution >= 0.6 is 11.6 Å². The first-order valence-corrected chi connectivity index (χ1v) is 12.0. The van der Waals surface area contributed by atoms with Gasteiger partial charge in [0.05, 0.1) is 11.9 Å². The number of aromatic nitrogens is 2. The molecule has 8 heteroatoms. The van der Waals surface area contributed by atoms with E-state index in [0.29, 0.717) is 17.1 Å². The lowest BCUT2D eigenvalue weighted by Crippen LogP contribution is -2.17. The second-order valence-electron chi connectivity index (χ2n) is 7.42. The zero-order valence-corrected chi connectivity index (χ0v) is 19.9. The maximum atomic E-state index is 13.4. The van der Waals surface area contributed by atoms with Crippen LogP contribution in [0.1, 0.15) is 74.5 Å². The largest absolute Gasteiger partial charge is 0.361 e. The molecule has 30 heavy (non-hydrogen) atoms. The van der Waals surface area contributed by atoms with E-state index >= 15 is 0 Å². The Bertz CT molecular complexity index is 1080.